The van der Waals surface area contributed by atoms with Crippen molar-refractivity contribution in [1.29, 1.82) is 0 Å². The van der Waals surface area contributed by atoms with Crippen molar-refractivity contribution in [3.05, 3.63) is 35.4 Å². The van der Waals surface area contributed by atoms with Crippen molar-refractivity contribution in [2.45, 2.75) is 52.1 Å². The number of hydrogen-bond acceptors (Lipinski definition) is 2. The summed E-state index contributed by atoms with van der Waals surface area (Å²) < 4.78 is 0. The molecule has 0 aliphatic heterocycles. The zero-order valence-corrected chi connectivity index (χ0v) is 11.0. The molecule has 0 radical (unpaired) electrons. The number of unbranched alkanes of at least 4 members (excludes halogenated alkanes) is 1. The molecule has 0 heterocycles. The quantitative estimate of drug-likeness (QED) is 0.766. The van der Waals surface area contributed by atoms with Crippen LogP contribution in [0.1, 0.15) is 56.0 Å². The molecule has 2 nitrogen and oxygen atoms in total. The molecule has 0 bridgehead atoms. The number of ketones is 1. The monoisotopic (exact) mass is 234 g/mol. The Hall–Kier alpha value is -1.15. The van der Waals surface area contributed by atoms with Crippen LogP contribution in [-0.2, 0) is 6.42 Å². The highest BCUT2D eigenvalue weighted by Crippen LogP contribution is 2.17. The molecular weight excluding hydrogens is 212 g/mol. The summed E-state index contributed by atoms with van der Waals surface area (Å²) >= 11 is 0. The number of aryl methyl sites for hydroxylation is 1. The summed E-state index contributed by atoms with van der Waals surface area (Å²) in [6.07, 6.45) is 3.82. The fourth-order valence-electron chi connectivity index (χ4n) is 1.68. The molecule has 1 unspecified atom stereocenters. The van der Waals surface area contributed by atoms with Gasteiger partial charge in [0.1, 0.15) is 5.60 Å². The second-order valence-corrected chi connectivity index (χ2v) is 4.76. The van der Waals surface area contributed by atoms with Gasteiger partial charge in [0.15, 0.2) is 5.78 Å². The maximum atomic E-state index is 12.0. The number of aliphatic hydroxyl groups is 1. The van der Waals surface area contributed by atoms with Gasteiger partial charge in [-0.1, -0.05) is 44.5 Å². The third kappa shape index (κ3) is 3.67. The lowest BCUT2D eigenvalue weighted by molar-refractivity contribution is 0.0390. The molecule has 1 atom stereocenters. The van der Waals surface area contributed by atoms with Crippen LogP contribution in [0.2, 0.25) is 0 Å². The molecule has 0 spiro atoms. The maximum Gasteiger partial charge on any atom is 0.194 e. The lowest BCUT2D eigenvalue weighted by Crippen LogP contribution is -2.34. The van der Waals surface area contributed by atoms with Crippen molar-refractivity contribution in [3.63, 3.8) is 0 Å². The summed E-state index contributed by atoms with van der Waals surface area (Å²) in [5.74, 6) is -0.193. The highest BCUT2D eigenvalue weighted by molar-refractivity contribution is 6.01. The fraction of sp³-hybridized carbons (Fsp3) is 0.533. The van der Waals surface area contributed by atoms with Crippen LogP contribution in [0.4, 0.5) is 0 Å². The van der Waals surface area contributed by atoms with Crippen molar-refractivity contribution in [3.8, 4) is 0 Å². The normalized spacial score (nSPS) is 14.4. The van der Waals surface area contributed by atoms with Gasteiger partial charge in [-0.2, -0.15) is 0 Å². The largest absolute Gasteiger partial charge is 0.382 e. The van der Waals surface area contributed by atoms with Crippen LogP contribution in [0.3, 0.4) is 0 Å². The Labute approximate surface area is 104 Å². The van der Waals surface area contributed by atoms with Gasteiger partial charge in [0.2, 0.25) is 0 Å². The van der Waals surface area contributed by atoms with Gasteiger partial charge < -0.3 is 5.11 Å². The second-order valence-electron chi connectivity index (χ2n) is 4.76. The van der Waals surface area contributed by atoms with Crippen molar-refractivity contribution < 1.29 is 9.90 Å². The first kappa shape index (κ1) is 13.9. The molecule has 0 fully saturated rings. The van der Waals surface area contributed by atoms with Gasteiger partial charge in [-0.15, -0.1) is 0 Å². The average molecular weight is 234 g/mol. The molecule has 0 aliphatic rings. The number of benzene rings is 1. The van der Waals surface area contributed by atoms with E-state index in [9.17, 15) is 9.90 Å². The number of rotatable bonds is 6. The van der Waals surface area contributed by atoms with Crippen molar-refractivity contribution in [2.24, 2.45) is 0 Å². The average Bonchev–Trinajstić information content (AvgIpc) is 2.36. The van der Waals surface area contributed by atoms with Gasteiger partial charge in [-0.25, -0.2) is 0 Å². The van der Waals surface area contributed by atoms with Crippen LogP contribution in [0.5, 0.6) is 0 Å². The van der Waals surface area contributed by atoms with E-state index in [1.807, 2.05) is 31.2 Å². The van der Waals surface area contributed by atoms with Crippen molar-refractivity contribution in [1.82, 2.24) is 0 Å². The first-order chi connectivity index (χ1) is 8.01. The van der Waals surface area contributed by atoms with E-state index < -0.39 is 5.60 Å². The molecule has 1 rings (SSSR count). The number of carbonyl (C=O) groups is 1. The first-order valence-electron chi connectivity index (χ1n) is 6.37. The van der Waals surface area contributed by atoms with E-state index >= 15 is 0 Å². The summed E-state index contributed by atoms with van der Waals surface area (Å²) in [5, 5.41) is 9.91. The molecule has 94 valence electrons. The van der Waals surface area contributed by atoms with Gasteiger partial charge in [0.25, 0.3) is 0 Å². The molecular formula is C15H22O2. The minimum Gasteiger partial charge on any atom is -0.382 e. The minimum atomic E-state index is -1.25. The van der Waals surface area contributed by atoms with Crippen LogP contribution in [-0.4, -0.2) is 16.5 Å². The Balaban J connectivity index is 2.77. The van der Waals surface area contributed by atoms with E-state index in [0.717, 1.165) is 6.42 Å². The van der Waals surface area contributed by atoms with Crippen LogP contribution in [0.15, 0.2) is 24.3 Å². The summed E-state index contributed by atoms with van der Waals surface area (Å²) in [7, 11) is 0. The summed E-state index contributed by atoms with van der Waals surface area (Å²) in [6.45, 7) is 5.55. The summed E-state index contributed by atoms with van der Waals surface area (Å²) in [5.41, 5.74) is 0.599. The highest BCUT2D eigenvalue weighted by Gasteiger charge is 2.28. The van der Waals surface area contributed by atoms with Gasteiger partial charge >= 0.3 is 0 Å². The van der Waals surface area contributed by atoms with Crippen LogP contribution < -0.4 is 0 Å². The maximum absolute atomic E-state index is 12.0. The predicted octanol–water partition coefficient (Wildman–Crippen LogP) is 3.37. The standard InChI is InChI=1S/C15H22O2/c1-4-6-7-12-8-10-13(11-9-12)14(16)15(3,17)5-2/h8-11,17H,4-7H2,1-3H3. The first-order valence-corrected chi connectivity index (χ1v) is 6.37. The zero-order valence-electron chi connectivity index (χ0n) is 11.0. The molecule has 0 aliphatic carbocycles. The van der Waals surface area contributed by atoms with Crippen molar-refractivity contribution in [2.75, 3.05) is 0 Å². The van der Waals surface area contributed by atoms with E-state index in [-0.39, 0.29) is 5.78 Å². The molecule has 2 heteroatoms. The SMILES string of the molecule is CCCCc1ccc(C(=O)C(C)(O)CC)cc1. The van der Waals surface area contributed by atoms with Crippen molar-refractivity contribution >= 4 is 5.78 Å². The van der Waals surface area contributed by atoms with E-state index in [4.69, 9.17) is 0 Å². The van der Waals surface area contributed by atoms with Crippen LogP contribution in [0.25, 0.3) is 0 Å². The Bertz CT molecular complexity index is 363. The van der Waals surface area contributed by atoms with E-state index in [0.29, 0.717) is 12.0 Å². The molecule has 0 aromatic heterocycles. The predicted molar refractivity (Wildman–Crippen MR) is 70.3 cm³/mol. The summed E-state index contributed by atoms with van der Waals surface area (Å²) in [4.78, 5) is 12.0. The Morgan fingerprint density at radius 1 is 1.24 bits per heavy atom. The van der Waals surface area contributed by atoms with Crippen LogP contribution in [0, 0.1) is 0 Å². The zero-order chi connectivity index (χ0) is 12.9. The molecule has 0 saturated heterocycles. The topological polar surface area (TPSA) is 37.3 Å². The number of hydrogen-bond donors (Lipinski definition) is 1. The molecule has 1 aromatic rings. The lowest BCUT2D eigenvalue weighted by Gasteiger charge is -2.19. The fourth-order valence-corrected chi connectivity index (χ4v) is 1.68. The third-order valence-electron chi connectivity index (χ3n) is 3.21. The Kier molecular flexibility index (Phi) is 4.88. The Morgan fingerprint density at radius 3 is 2.29 bits per heavy atom. The minimum absolute atomic E-state index is 0.193. The third-order valence-corrected chi connectivity index (χ3v) is 3.21. The number of Topliss-reactive ketones (excluding diaryl/α,β-unsaturated/α-hetero) is 1. The van der Waals surface area contributed by atoms with Gasteiger partial charge in [-0.05, 0) is 31.7 Å². The molecule has 17 heavy (non-hydrogen) atoms. The highest BCUT2D eigenvalue weighted by atomic mass is 16.3. The van der Waals surface area contributed by atoms with Gasteiger partial charge in [-0.3, -0.25) is 4.79 Å². The molecule has 0 saturated carbocycles. The lowest BCUT2D eigenvalue weighted by atomic mass is 9.92. The number of carbonyl (C=O) groups excluding carboxylic acids is 1. The molecule has 0 amide bonds. The van der Waals surface area contributed by atoms with Crippen LogP contribution >= 0.6 is 0 Å². The van der Waals surface area contributed by atoms with Gasteiger partial charge in [0.05, 0.1) is 0 Å². The molecule has 1 aromatic carbocycles. The van der Waals surface area contributed by atoms with E-state index in [1.165, 1.54) is 18.4 Å². The molecule has 1 N–H and O–H groups in total. The Morgan fingerprint density at radius 2 is 1.82 bits per heavy atom. The second kappa shape index (κ2) is 5.97. The van der Waals surface area contributed by atoms with E-state index in [1.54, 1.807) is 6.92 Å². The summed E-state index contributed by atoms with van der Waals surface area (Å²) in [6, 6.07) is 7.60. The van der Waals surface area contributed by atoms with Gasteiger partial charge in [0, 0.05) is 5.56 Å². The van der Waals surface area contributed by atoms with E-state index in [2.05, 4.69) is 6.92 Å². The smallest absolute Gasteiger partial charge is 0.194 e.